The van der Waals surface area contributed by atoms with Crippen LogP contribution in [0.5, 0.6) is 5.75 Å². The Morgan fingerprint density at radius 2 is 2.08 bits per heavy atom. The Labute approximate surface area is 139 Å². The molecule has 1 aliphatic heterocycles. The first-order valence-electron chi connectivity index (χ1n) is 7.94. The summed E-state index contributed by atoms with van der Waals surface area (Å²) in [4.78, 5) is 18.2. The number of carbonyl (C=O) groups is 1. The smallest absolute Gasteiger partial charge is 0.276 e. The zero-order valence-corrected chi connectivity index (χ0v) is 13.1. The van der Waals surface area contributed by atoms with Gasteiger partial charge in [-0.15, -0.1) is 0 Å². The molecule has 1 aromatic heterocycles. The number of hydrogen-bond donors (Lipinski definition) is 2. The Morgan fingerprint density at radius 3 is 2.83 bits per heavy atom. The maximum atomic E-state index is 13.9. The Hall–Kier alpha value is -2.47. The molecular formula is C18H19FN2O3. The summed E-state index contributed by atoms with van der Waals surface area (Å²) in [7, 11) is 0. The number of aromatic hydroxyl groups is 1. The van der Waals surface area contributed by atoms with Crippen molar-refractivity contribution in [3.05, 3.63) is 59.7 Å². The van der Waals surface area contributed by atoms with Crippen molar-refractivity contribution in [1.82, 2.24) is 9.88 Å². The highest BCUT2D eigenvalue weighted by atomic mass is 19.1. The molecule has 0 spiro atoms. The standard InChI is InChI=1S/C18H19FN2O3/c19-13-6-2-1-5-12(13)11-14-15(22)8-4-10-21(14)18(24)17-16(23)7-3-9-20-17/h1-3,5-7,9,14-15,22-23H,4,8,10-11H2/t14-,15-/m0/s1. The number of hydrogen-bond acceptors (Lipinski definition) is 4. The van der Waals surface area contributed by atoms with Gasteiger partial charge in [-0.25, -0.2) is 9.37 Å². The molecule has 1 aliphatic rings. The first-order valence-corrected chi connectivity index (χ1v) is 7.94. The Bertz CT molecular complexity index is 738. The van der Waals surface area contributed by atoms with Gasteiger partial charge in [0, 0.05) is 12.7 Å². The van der Waals surface area contributed by atoms with E-state index in [1.807, 2.05) is 0 Å². The number of halogens is 1. The van der Waals surface area contributed by atoms with Gasteiger partial charge in [-0.3, -0.25) is 4.79 Å². The zero-order valence-electron chi connectivity index (χ0n) is 13.1. The van der Waals surface area contributed by atoms with Crippen LogP contribution >= 0.6 is 0 Å². The van der Waals surface area contributed by atoms with E-state index in [-0.39, 0.29) is 23.7 Å². The van der Waals surface area contributed by atoms with Gasteiger partial charge in [0.05, 0.1) is 12.1 Å². The van der Waals surface area contributed by atoms with Gasteiger partial charge in [-0.1, -0.05) is 18.2 Å². The van der Waals surface area contributed by atoms with E-state index in [0.29, 0.717) is 24.9 Å². The van der Waals surface area contributed by atoms with E-state index < -0.39 is 18.1 Å². The SMILES string of the molecule is O=C(c1ncccc1O)N1CCC[C@H](O)[C@@H]1Cc1ccccc1F. The highest BCUT2D eigenvalue weighted by Gasteiger charge is 2.35. The lowest BCUT2D eigenvalue weighted by atomic mass is 9.92. The second kappa shape index (κ2) is 6.97. The Morgan fingerprint density at radius 1 is 1.29 bits per heavy atom. The van der Waals surface area contributed by atoms with Gasteiger partial charge in [0.2, 0.25) is 0 Å². The lowest BCUT2D eigenvalue weighted by Gasteiger charge is -2.39. The van der Waals surface area contributed by atoms with E-state index in [1.165, 1.54) is 29.3 Å². The maximum Gasteiger partial charge on any atom is 0.276 e. The van der Waals surface area contributed by atoms with E-state index in [1.54, 1.807) is 18.2 Å². The lowest BCUT2D eigenvalue weighted by Crippen LogP contribution is -2.52. The molecule has 0 saturated carbocycles. The molecule has 2 N–H and O–H groups in total. The molecule has 1 amide bonds. The zero-order chi connectivity index (χ0) is 17.1. The van der Waals surface area contributed by atoms with E-state index in [2.05, 4.69) is 4.98 Å². The number of pyridine rings is 1. The van der Waals surface area contributed by atoms with E-state index in [9.17, 15) is 19.4 Å². The second-order valence-corrected chi connectivity index (χ2v) is 5.94. The fourth-order valence-corrected chi connectivity index (χ4v) is 3.12. The second-order valence-electron chi connectivity index (χ2n) is 5.94. The van der Waals surface area contributed by atoms with Gasteiger partial charge in [-0.2, -0.15) is 0 Å². The van der Waals surface area contributed by atoms with Crippen molar-refractivity contribution < 1.29 is 19.4 Å². The monoisotopic (exact) mass is 330 g/mol. The number of piperidine rings is 1. The number of aromatic nitrogens is 1. The number of likely N-dealkylation sites (tertiary alicyclic amines) is 1. The summed E-state index contributed by atoms with van der Waals surface area (Å²) in [6.45, 7) is 0.436. The summed E-state index contributed by atoms with van der Waals surface area (Å²) in [5.74, 6) is -1.01. The average molecular weight is 330 g/mol. The fraction of sp³-hybridized carbons (Fsp3) is 0.333. The summed E-state index contributed by atoms with van der Waals surface area (Å²) in [5, 5.41) is 20.2. The number of amides is 1. The molecule has 1 fully saturated rings. The molecule has 126 valence electrons. The minimum absolute atomic E-state index is 0.0508. The van der Waals surface area contributed by atoms with Gasteiger partial charge >= 0.3 is 0 Å². The highest BCUT2D eigenvalue weighted by molar-refractivity contribution is 5.95. The lowest BCUT2D eigenvalue weighted by molar-refractivity contribution is 0.0110. The molecule has 0 bridgehead atoms. The summed E-state index contributed by atoms with van der Waals surface area (Å²) in [6.07, 6.45) is 2.10. The van der Waals surface area contributed by atoms with Crippen LogP contribution in [0.1, 0.15) is 28.9 Å². The number of carbonyl (C=O) groups excluding carboxylic acids is 1. The Kier molecular flexibility index (Phi) is 4.76. The number of aliphatic hydroxyl groups excluding tert-OH is 1. The van der Waals surface area contributed by atoms with Gasteiger partial charge in [0.1, 0.15) is 11.6 Å². The molecule has 1 saturated heterocycles. The molecule has 0 unspecified atom stereocenters. The quantitative estimate of drug-likeness (QED) is 0.904. The highest BCUT2D eigenvalue weighted by Crippen LogP contribution is 2.26. The van der Waals surface area contributed by atoms with Crippen LogP contribution in [0.25, 0.3) is 0 Å². The topological polar surface area (TPSA) is 73.7 Å². The van der Waals surface area contributed by atoms with Crippen LogP contribution in [0, 0.1) is 5.82 Å². The third-order valence-corrected chi connectivity index (χ3v) is 4.38. The molecule has 2 heterocycles. The van der Waals surface area contributed by atoms with Crippen LogP contribution in [0.4, 0.5) is 4.39 Å². The van der Waals surface area contributed by atoms with Crippen molar-refractivity contribution in [3.8, 4) is 5.75 Å². The third-order valence-electron chi connectivity index (χ3n) is 4.38. The van der Waals surface area contributed by atoms with Crippen molar-refractivity contribution in [3.63, 3.8) is 0 Å². The average Bonchev–Trinajstić information content (AvgIpc) is 2.58. The largest absolute Gasteiger partial charge is 0.505 e. The Balaban J connectivity index is 1.88. The van der Waals surface area contributed by atoms with Gasteiger partial charge in [0.15, 0.2) is 5.69 Å². The van der Waals surface area contributed by atoms with Gasteiger partial charge < -0.3 is 15.1 Å². The fourth-order valence-electron chi connectivity index (χ4n) is 3.12. The predicted octanol–water partition coefficient (Wildman–Crippen LogP) is 2.13. The summed E-state index contributed by atoms with van der Waals surface area (Å²) >= 11 is 0. The van der Waals surface area contributed by atoms with Crippen LogP contribution in [0.3, 0.4) is 0 Å². The summed E-state index contributed by atoms with van der Waals surface area (Å²) < 4.78 is 13.9. The third kappa shape index (κ3) is 3.23. The molecule has 0 radical (unpaired) electrons. The van der Waals surface area contributed by atoms with E-state index >= 15 is 0 Å². The maximum absolute atomic E-state index is 13.9. The van der Waals surface area contributed by atoms with Crippen LogP contribution in [0.15, 0.2) is 42.6 Å². The van der Waals surface area contributed by atoms with Crippen LogP contribution < -0.4 is 0 Å². The molecule has 1 aromatic carbocycles. The minimum Gasteiger partial charge on any atom is -0.505 e. The predicted molar refractivity (Wildman–Crippen MR) is 86.1 cm³/mol. The summed E-state index contributed by atoms with van der Waals surface area (Å²) in [5.41, 5.74) is 0.400. The first kappa shape index (κ1) is 16.4. The van der Waals surface area contributed by atoms with Crippen molar-refractivity contribution in [2.45, 2.75) is 31.4 Å². The van der Waals surface area contributed by atoms with Crippen molar-refractivity contribution in [2.24, 2.45) is 0 Å². The normalized spacial score (nSPS) is 20.8. The van der Waals surface area contributed by atoms with Gasteiger partial charge in [0.25, 0.3) is 5.91 Å². The number of benzene rings is 1. The van der Waals surface area contributed by atoms with Crippen molar-refractivity contribution >= 4 is 5.91 Å². The van der Waals surface area contributed by atoms with Crippen molar-refractivity contribution in [2.75, 3.05) is 6.54 Å². The minimum atomic E-state index is -0.742. The molecular weight excluding hydrogens is 311 g/mol. The van der Waals surface area contributed by atoms with Crippen LogP contribution in [-0.2, 0) is 6.42 Å². The molecule has 0 aliphatic carbocycles. The molecule has 5 nitrogen and oxygen atoms in total. The molecule has 2 atom stereocenters. The van der Waals surface area contributed by atoms with Crippen molar-refractivity contribution in [1.29, 1.82) is 0 Å². The summed E-state index contributed by atoms with van der Waals surface area (Å²) in [6, 6.07) is 8.72. The van der Waals surface area contributed by atoms with E-state index in [0.717, 1.165) is 0 Å². The number of aliphatic hydroxyl groups is 1. The molecule has 3 rings (SSSR count). The molecule has 2 aromatic rings. The molecule has 24 heavy (non-hydrogen) atoms. The number of rotatable bonds is 3. The van der Waals surface area contributed by atoms with Crippen LogP contribution in [0.2, 0.25) is 0 Å². The first-order chi connectivity index (χ1) is 11.6. The molecule has 6 heteroatoms. The van der Waals surface area contributed by atoms with Gasteiger partial charge in [-0.05, 0) is 43.0 Å². The van der Waals surface area contributed by atoms with Crippen LogP contribution in [-0.4, -0.2) is 44.7 Å². The number of nitrogens with zero attached hydrogens (tertiary/aromatic N) is 2. The van der Waals surface area contributed by atoms with E-state index in [4.69, 9.17) is 0 Å².